The zero-order valence-electron chi connectivity index (χ0n) is 13.4. The lowest BCUT2D eigenvalue weighted by Crippen LogP contribution is -2.36. The summed E-state index contributed by atoms with van der Waals surface area (Å²) in [7, 11) is 0. The highest BCUT2D eigenvalue weighted by atomic mass is 32.1. The molecule has 0 fully saturated rings. The Labute approximate surface area is 145 Å². The van der Waals surface area contributed by atoms with Crippen molar-refractivity contribution in [3.05, 3.63) is 56.4 Å². The number of rotatable bonds is 4. The summed E-state index contributed by atoms with van der Waals surface area (Å²) < 4.78 is 6.79. The first-order valence-electron chi connectivity index (χ1n) is 7.82. The van der Waals surface area contributed by atoms with Gasteiger partial charge in [-0.15, -0.1) is 11.3 Å². The molecular weight excluding hydrogens is 340 g/mol. The second kappa shape index (κ2) is 6.14. The van der Waals surface area contributed by atoms with Crippen molar-refractivity contribution >= 4 is 22.4 Å². The minimum atomic E-state index is -0.634. The molecule has 3 aromatic heterocycles. The monoisotopic (exact) mass is 354 g/mol. The predicted octanol–water partition coefficient (Wildman–Crippen LogP) is 2.88. The van der Waals surface area contributed by atoms with Crippen LogP contribution >= 0.6 is 11.3 Å². The zero-order valence-corrected chi connectivity index (χ0v) is 14.2. The minimum Gasteiger partial charge on any atom is -0.333 e. The van der Waals surface area contributed by atoms with Crippen LogP contribution in [0.3, 0.4) is 0 Å². The van der Waals surface area contributed by atoms with Gasteiger partial charge in [0.05, 0.1) is 15.9 Å². The first-order valence-corrected chi connectivity index (χ1v) is 8.70. The number of hydrogen-bond acceptors (Lipinski definition) is 6. The van der Waals surface area contributed by atoms with E-state index in [0.717, 1.165) is 11.3 Å². The molecule has 1 N–H and O–H groups in total. The Hall–Kier alpha value is -3.00. The number of fused-ring (bicyclic) bond motifs is 1. The summed E-state index contributed by atoms with van der Waals surface area (Å²) in [6, 6.07) is 9.18. The van der Waals surface area contributed by atoms with Gasteiger partial charge in [-0.05, 0) is 36.1 Å². The number of aromatic nitrogens is 4. The number of nitrogens with zero attached hydrogens (tertiary/aromatic N) is 3. The normalized spacial score (nSPS) is 11.2. The number of nitrogens with one attached hydrogen (secondary N) is 1. The van der Waals surface area contributed by atoms with E-state index in [-0.39, 0.29) is 0 Å². The fraction of sp³-hybridized carbons (Fsp3) is 0.176. The van der Waals surface area contributed by atoms with E-state index in [1.54, 1.807) is 12.1 Å². The van der Waals surface area contributed by atoms with E-state index in [9.17, 15) is 9.59 Å². The van der Waals surface area contributed by atoms with Crippen LogP contribution in [-0.4, -0.2) is 19.7 Å². The van der Waals surface area contributed by atoms with Crippen LogP contribution in [0.2, 0.25) is 0 Å². The molecule has 0 aliphatic carbocycles. The van der Waals surface area contributed by atoms with Gasteiger partial charge in [-0.25, -0.2) is 0 Å². The Balaban J connectivity index is 1.83. The molecule has 0 saturated heterocycles. The second-order valence-corrected chi connectivity index (χ2v) is 6.49. The summed E-state index contributed by atoms with van der Waals surface area (Å²) in [4.78, 5) is 31.9. The third-order valence-electron chi connectivity index (χ3n) is 3.84. The van der Waals surface area contributed by atoms with E-state index in [2.05, 4.69) is 15.1 Å². The summed E-state index contributed by atoms with van der Waals surface area (Å²) in [6.07, 6.45) is 0.759. The van der Waals surface area contributed by atoms with Gasteiger partial charge >= 0.3 is 11.1 Å². The Morgan fingerprint density at radius 1 is 1.28 bits per heavy atom. The molecule has 0 atom stereocenters. The maximum Gasteiger partial charge on any atom is 0.316 e. The van der Waals surface area contributed by atoms with Crippen LogP contribution in [0.25, 0.3) is 33.2 Å². The molecule has 126 valence electrons. The molecule has 3 heterocycles. The molecule has 0 radical (unpaired) electrons. The lowest BCUT2D eigenvalue weighted by atomic mass is 10.1. The van der Waals surface area contributed by atoms with Crippen LogP contribution < -0.4 is 11.1 Å². The number of aromatic amines is 1. The van der Waals surface area contributed by atoms with E-state index < -0.39 is 11.1 Å². The lowest BCUT2D eigenvalue weighted by molar-refractivity contribution is 0.433. The van der Waals surface area contributed by atoms with Crippen molar-refractivity contribution in [1.29, 1.82) is 0 Å². The molecule has 0 saturated carbocycles. The molecule has 0 aliphatic heterocycles. The van der Waals surface area contributed by atoms with Crippen molar-refractivity contribution < 1.29 is 4.52 Å². The summed E-state index contributed by atoms with van der Waals surface area (Å²) >= 11 is 1.52. The van der Waals surface area contributed by atoms with Crippen molar-refractivity contribution in [2.45, 2.75) is 19.9 Å². The smallest absolute Gasteiger partial charge is 0.316 e. The number of thiophene rings is 1. The van der Waals surface area contributed by atoms with E-state index in [1.165, 1.54) is 15.9 Å². The molecule has 25 heavy (non-hydrogen) atoms. The third-order valence-corrected chi connectivity index (χ3v) is 4.70. The van der Waals surface area contributed by atoms with Gasteiger partial charge in [0.25, 0.3) is 5.89 Å². The molecule has 7 nitrogen and oxygen atoms in total. The van der Waals surface area contributed by atoms with Gasteiger partial charge in [0, 0.05) is 12.1 Å². The van der Waals surface area contributed by atoms with Gasteiger partial charge in [-0.1, -0.05) is 18.1 Å². The molecule has 8 heteroatoms. The van der Waals surface area contributed by atoms with Gasteiger partial charge in [0.1, 0.15) is 0 Å². The van der Waals surface area contributed by atoms with Crippen LogP contribution in [0, 0.1) is 0 Å². The molecular formula is C17H14N4O3S. The van der Waals surface area contributed by atoms with Crippen LogP contribution in [0.4, 0.5) is 0 Å². The van der Waals surface area contributed by atoms with E-state index in [1.807, 2.05) is 30.5 Å². The number of H-pyrrole nitrogens is 1. The first kappa shape index (κ1) is 15.5. The van der Waals surface area contributed by atoms with E-state index >= 15 is 0 Å². The van der Waals surface area contributed by atoms with Crippen LogP contribution in [0.5, 0.6) is 0 Å². The molecule has 0 spiro atoms. The Morgan fingerprint density at radius 2 is 2.16 bits per heavy atom. The van der Waals surface area contributed by atoms with Gasteiger partial charge in [-0.3, -0.25) is 9.59 Å². The van der Waals surface area contributed by atoms with Crippen LogP contribution in [-0.2, 0) is 6.54 Å². The highest BCUT2D eigenvalue weighted by Gasteiger charge is 2.13. The van der Waals surface area contributed by atoms with Crippen LogP contribution in [0.15, 0.2) is 49.8 Å². The minimum absolute atomic E-state index is 0.430. The summed E-state index contributed by atoms with van der Waals surface area (Å²) in [5.74, 6) is 0.883. The van der Waals surface area contributed by atoms with Gasteiger partial charge in [0.15, 0.2) is 0 Å². The molecule has 0 bridgehead atoms. The summed E-state index contributed by atoms with van der Waals surface area (Å²) in [6.45, 7) is 2.45. The van der Waals surface area contributed by atoms with Crippen molar-refractivity contribution in [2.75, 3.05) is 0 Å². The number of aryl methyl sites for hydroxylation is 1. The maximum atomic E-state index is 12.0. The van der Waals surface area contributed by atoms with Crippen molar-refractivity contribution in [3.63, 3.8) is 0 Å². The van der Waals surface area contributed by atoms with Crippen molar-refractivity contribution in [1.82, 2.24) is 19.7 Å². The standard InChI is InChI=1S/C17H14N4O3S/c1-2-7-21-12-6-5-10(9-11(12)18-15(22)17(21)23)14-19-16(24-20-14)13-4-3-8-25-13/h3-6,8-9H,2,7H2,1H3,(H,18,22). The SMILES string of the molecule is CCCn1c(=O)c(=O)[nH]c2cc(-c3noc(-c4cccs4)n3)ccc21. The maximum absolute atomic E-state index is 12.0. The quantitative estimate of drug-likeness (QED) is 0.569. The fourth-order valence-electron chi connectivity index (χ4n) is 2.71. The van der Waals surface area contributed by atoms with Crippen LogP contribution in [0.1, 0.15) is 13.3 Å². The van der Waals surface area contributed by atoms with Gasteiger partial charge in [-0.2, -0.15) is 4.98 Å². The van der Waals surface area contributed by atoms with Gasteiger partial charge in [0.2, 0.25) is 5.82 Å². The Bertz CT molecular complexity index is 1150. The molecule has 1 aromatic carbocycles. The molecule has 4 aromatic rings. The third kappa shape index (κ3) is 2.70. The number of benzene rings is 1. The number of hydrogen-bond donors (Lipinski definition) is 1. The molecule has 0 aliphatic rings. The summed E-state index contributed by atoms with van der Waals surface area (Å²) in [5.41, 5.74) is 0.777. The average molecular weight is 354 g/mol. The van der Waals surface area contributed by atoms with Crippen molar-refractivity contribution in [3.8, 4) is 22.2 Å². The predicted molar refractivity (Wildman–Crippen MR) is 95.7 cm³/mol. The molecule has 0 amide bonds. The van der Waals surface area contributed by atoms with E-state index in [4.69, 9.17) is 4.52 Å². The topological polar surface area (TPSA) is 93.8 Å². The Kier molecular flexibility index (Phi) is 3.81. The first-order chi connectivity index (χ1) is 12.2. The van der Waals surface area contributed by atoms with Gasteiger partial charge < -0.3 is 14.1 Å². The largest absolute Gasteiger partial charge is 0.333 e. The molecule has 0 unspecified atom stereocenters. The van der Waals surface area contributed by atoms with E-state index in [0.29, 0.717) is 34.9 Å². The molecule has 4 rings (SSSR count). The Morgan fingerprint density at radius 3 is 2.92 bits per heavy atom. The highest BCUT2D eigenvalue weighted by molar-refractivity contribution is 7.13. The fourth-order valence-corrected chi connectivity index (χ4v) is 3.35. The highest BCUT2D eigenvalue weighted by Crippen LogP contribution is 2.26. The second-order valence-electron chi connectivity index (χ2n) is 5.54. The van der Waals surface area contributed by atoms with Crippen molar-refractivity contribution in [2.24, 2.45) is 0 Å². The average Bonchev–Trinajstić information content (AvgIpc) is 3.29. The lowest BCUT2D eigenvalue weighted by Gasteiger charge is -2.08. The summed E-state index contributed by atoms with van der Waals surface area (Å²) in [5, 5.41) is 5.95. The zero-order chi connectivity index (χ0) is 17.4.